The number of alkyl halides is 3. The van der Waals surface area contributed by atoms with Crippen LogP contribution >= 0.6 is 11.8 Å². The van der Waals surface area contributed by atoms with Gasteiger partial charge in [-0.05, 0) is 81.5 Å². The molecule has 2 aromatic rings. The van der Waals surface area contributed by atoms with Crippen LogP contribution in [0.3, 0.4) is 0 Å². The number of rotatable bonds is 8. The summed E-state index contributed by atoms with van der Waals surface area (Å²) in [6.45, 7) is 11.0. The predicted octanol–water partition coefficient (Wildman–Crippen LogP) is 8.11. The Morgan fingerprint density at radius 1 is 1.06 bits per heavy atom. The second kappa shape index (κ2) is 10.6. The molecule has 1 heterocycles. The van der Waals surface area contributed by atoms with Crippen LogP contribution in [0.15, 0.2) is 59.0 Å². The third kappa shape index (κ3) is 6.46. The smallest absolute Gasteiger partial charge is 0.416 e. The summed E-state index contributed by atoms with van der Waals surface area (Å²) in [7, 11) is 0. The first-order valence-electron chi connectivity index (χ1n) is 11.6. The van der Waals surface area contributed by atoms with Gasteiger partial charge in [0.15, 0.2) is 5.60 Å². The highest BCUT2D eigenvalue weighted by Gasteiger charge is 2.32. The van der Waals surface area contributed by atoms with Gasteiger partial charge in [-0.2, -0.15) is 13.2 Å². The summed E-state index contributed by atoms with van der Waals surface area (Å²) in [4.78, 5) is 13.3. The van der Waals surface area contributed by atoms with Gasteiger partial charge < -0.3 is 14.6 Å². The zero-order chi connectivity index (χ0) is 26.8. The van der Waals surface area contributed by atoms with Crippen molar-refractivity contribution < 1.29 is 32.5 Å². The Hall–Kier alpha value is -2.87. The summed E-state index contributed by atoms with van der Waals surface area (Å²) < 4.78 is 51.0. The van der Waals surface area contributed by atoms with Crippen LogP contribution in [0, 0.1) is 12.8 Å². The molecule has 36 heavy (non-hydrogen) atoms. The lowest BCUT2D eigenvalue weighted by Gasteiger charge is -2.30. The maximum absolute atomic E-state index is 13.0. The van der Waals surface area contributed by atoms with Gasteiger partial charge in [0.25, 0.3) is 0 Å². The molecule has 1 N–H and O–H groups in total. The van der Waals surface area contributed by atoms with Crippen molar-refractivity contribution in [3.05, 3.63) is 75.7 Å². The second-order valence-corrected chi connectivity index (χ2v) is 10.8. The molecule has 0 bridgehead atoms. The molecule has 1 atom stereocenters. The van der Waals surface area contributed by atoms with Crippen molar-refractivity contribution >= 4 is 22.6 Å². The van der Waals surface area contributed by atoms with Crippen LogP contribution in [-0.2, 0) is 11.0 Å². The molecule has 0 aromatic heterocycles. The summed E-state index contributed by atoms with van der Waals surface area (Å²) in [6, 6.07) is 10.5. The topological polar surface area (TPSA) is 55.8 Å². The van der Waals surface area contributed by atoms with Crippen LogP contribution in [0.5, 0.6) is 11.5 Å². The quantitative estimate of drug-likeness (QED) is 0.381. The van der Waals surface area contributed by atoms with Gasteiger partial charge in [-0.3, -0.25) is 0 Å². The molecule has 0 radical (unpaired) electrons. The molecule has 194 valence electrons. The number of benzene rings is 2. The number of halogens is 3. The van der Waals surface area contributed by atoms with E-state index in [1.54, 1.807) is 12.1 Å². The van der Waals surface area contributed by atoms with Crippen LogP contribution in [0.1, 0.15) is 57.7 Å². The highest BCUT2D eigenvalue weighted by atomic mass is 32.2. The molecule has 0 spiro atoms. The van der Waals surface area contributed by atoms with Crippen molar-refractivity contribution in [1.82, 2.24) is 0 Å². The number of hydrogen-bond acceptors (Lipinski definition) is 4. The number of allylic oxidation sites excluding steroid dienone is 2. The normalized spacial score (nSPS) is 15.6. The number of carboxylic acid groups (broad SMARTS) is 1. The van der Waals surface area contributed by atoms with E-state index in [9.17, 15) is 23.1 Å². The highest BCUT2D eigenvalue weighted by Crippen LogP contribution is 2.45. The summed E-state index contributed by atoms with van der Waals surface area (Å²) >= 11 is 1.52. The monoisotopic (exact) mass is 520 g/mol. The van der Waals surface area contributed by atoms with E-state index in [0.29, 0.717) is 17.9 Å². The average Bonchev–Trinajstić information content (AvgIpc) is 2.79. The van der Waals surface area contributed by atoms with E-state index in [-0.39, 0.29) is 12.0 Å². The van der Waals surface area contributed by atoms with Crippen molar-refractivity contribution in [3.63, 3.8) is 0 Å². The van der Waals surface area contributed by atoms with Crippen LogP contribution in [-0.4, -0.2) is 22.8 Å². The van der Waals surface area contributed by atoms with Crippen LogP contribution in [0.2, 0.25) is 0 Å². The van der Waals surface area contributed by atoms with Gasteiger partial charge in [-0.25, -0.2) is 4.79 Å². The molecule has 0 fully saturated rings. The van der Waals surface area contributed by atoms with Gasteiger partial charge in [-0.15, -0.1) is 0 Å². The van der Waals surface area contributed by atoms with Gasteiger partial charge in [0.2, 0.25) is 0 Å². The Balaban J connectivity index is 1.80. The van der Waals surface area contributed by atoms with E-state index in [0.717, 1.165) is 38.6 Å². The zero-order valence-electron chi connectivity index (χ0n) is 21.2. The first-order valence-corrected chi connectivity index (χ1v) is 12.5. The van der Waals surface area contributed by atoms with Gasteiger partial charge >= 0.3 is 12.1 Å². The molecule has 1 aliphatic heterocycles. The van der Waals surface area contributed by atoms with E-state index in [1.807, 2.05) is 26.0 Å². The molecule has 0 amide bonds. The van der Waals surface area contributed by atoms with Gasteiger partial charge in [0, 0.05) is 9.81 Å². The number of hydrogen-bond donors (Lipinski definition) is 1. The lowest BCUT2D eigenvalue weighted by atomic mass is 10.0. The fraction of sp³-hybridized carbons (Fsp3) is 0.393. The molecular formula is C28H31F3O4S. The molecule has 3 rings (SSSR count). The summed E-state index contributed by atoms with van der Waals surface area (Å²) in [5, 5.41) is 9.34. The Kier molecular flexibility index (Phi) is 8.18. The molecule has 4 nitrogen and oxygen atoms in total. The maximum Gasteiger partial charge on any atom is 0.416 e. The number of aryl methyl sites for hydroxylation is 1. The van der Waals surface area contributed by atoms with Crippen molar-refractivity contribution in [2.24, 2.45) is 5.92 Å². The molecular weight excluding hydrogens is 489 g/mol. The third-order valence-electron chi connectivity index (χ3n) is 5.88. The maximum atomic E-state index is 13.0. The molecule has 0 saturated carbocycles. The van der Waals surface area contributed by atoms with Crippen molar-refractivity contribution in [1.29, 1.82) is 0 Å². The van der Waals surface area contributed by atoms with Gasteiger partial charge in [0.1, 0.15) is 17.6 Å². The lowest BCUT2D eigenvalue weighted by Crippen LogP contribution is -2.38. The Bertz CT molecular complexity index is 1180. The minimum atomic E-state index is -4.37. The van der Waals surface area contributed by atoms with E-state index < -0.39 is 23.3 Å². The summed E-state index contributed by atoms with van der Waals surface area (Å²) in [5.41, 5.74) is 0.595. The summed E-state index contributed by atoms with van der Waals surface area (Å²) in [5.74, 6) is 0.149. The molecule has 2 aromatic carbocycles. The Morgan fingerprint density at radius 2 is 1.69 bits per heavy atom. The number of ether oxygens (including phenoxy) is 2. The Labute approximate surface area is 214 Å². The number of aliphatic carboxylic acids is 1. The van der Waals surface area contributed by atoms with Gasteiger partial charge in [-0.1, -0.05) is 49.4 Å². The number of thioether (sulfide) groups is 1. The van der Waals surface area contributed by atoms with E-state index in [1.165, 1.54) is 37.7 Å². The largest absolute Gasteiger partial charge is 0.485 e. The first kappa shape index (κ1) is 27.7. The average molecular weight is 521 g/mol. The van der Waals surface area contributed by atoms with Gasteiger partial charge in [0.05, 0.1) is 5.56 Å². The number of carboxylic acids is 1. The van der Waals surface area contributed by atoms with Crippen LogP contribution in [0.25, 0.3) is 4.91 Å². The minimum Gasteiger partial charge on any atom is -0.485 e. The SMILES string of the molecule is CC1=C(C(Oc2ccc(OC(C)(C)C(=O)O)c(C)c2)C(C)C)SC(c2ccc(C(F)(F)F)cc2)=CC1. The van der Waals surface area contributed by atoms with Crippen LogP contribution < -0.4 is 9.47 Å². The van der Waals surface area contributed by atoms with Crippen molar-refractivity contribution in [2.45, 2.75) is 65.8 Å². The fourth-order valence-corrected chi connectivity index (χ4v) is 5.01. The molecule has 0 saturated heterocycles. The number of carbonyl (C=O) groups is 1. The third-order valence-corrected chi connectivity index (χ3v) is 7.31. The molecule has 0 aliphatic carbocycles. The standard InChI is InChI=1S/C28H31F3O4S/c1-16(2)24(34-21-12-13-22(18(4)15-21)35-27(5,6)26(32)33)25-17(3)7-14-23(36-25)19-8-10-20(11-9-19)28(29,30)31/h8-16,24H,7H2,1-6H3,(H,32,33). The van der Waals surface area contributed by atoms with Crippen molar-refractivity contribution in [3.8, 4) is 11.5 Å². The predicted molar refractivity (Wildman–Crippen MR) is 137 cm³/mol. The minimum absolute atomic E-state index is 0.122. The molecule has 1 unspecified atom stereocenters. The highest BCUT2D eigenvalue weighted by molar-refractivity contribution is 8.11. The van der Waals surface area contributed by atoms with E-state index >= 15 is 0 Å². The lowest BCUT2D eigenvalue weighted by molar-refractivity contribution is -0.152. The fourth-order valence-electron chi connectivity index (χ4n) is 3.66. The van der Waals surface area contributed by atoms with E-state index in [4.69, 9.17) is 9.47 Å². The van der Waals surface area contributed by atoms with Crippen molar-refractivity contribution in [2.75, 3.05) is 0 Å². The van der Waals surface area contributed by atoms with E-state index in [2.05, 4.69) is 13.8 Å². The Morgan fingerprint density at radius 3 is 2.22 bits per heavy atom. The summed E-state index contributed by atoms with van der Waals surface area (Å²) in [6.07, 6.45) is -1.92. The van der Waals surface area contributed by atoms with Crippen LogP contribution in [0.4, 0.5) is 13.2 Å². The molecule has 1 aliphatic rings. The second-order valence-electron chi connectivity index (χ2n) is 9.72. The first-order chi connectivity index (χ1) is 16.7. The zero-order valence-corrected chi connectivity index (χ0v) is 22.0. The molecule has 8 heteroatoms.